The van der Waals surface area contributed by atoms with Gasteiger partial charge in [0.1, 0.15) is 27.1 Å². The highest BCUT2D eigenvalue weighted by molar-refractivity contribution is 9.10. The van der Waals surface area contributed by atoms with Crippen molar-refractivity contribution < 1.29 is 12.9 Å². The average molecular weight is 416 g/mol. The first kappa shape index (κ1) is 18.0. The Bertz CT molecular complexity index is 995. The van der Waals surface area contributed by atoms with Gasteiger partial charge in [-0.25, -0.2) is 8.42 Å². The average Bonchev–Trinajstić information content (AvgIpc) is 3.00. The molecule has 0 N–H and O–H groups in total. The van der Waals surface area contributed by atoms with Gasteiger partial charge in [-0.3, -0.25) is 0 Å². The molecule has 0 aliphatic heterocycles. The highest BCUT2D eigenvalue weighted by Crippen LogP contribution is 2.40. The number of hydrogen-bond donors (Lipinski definition) is 0. The second kappa shape index (κ2) is 6.50. The standard InChI is InChI=1S/C17H16B2BrNO3S/c1-25(22,23)13-9-7-12(8-10-13)15-14(11-5-3-2-4-6-11)16(24-21-15)17(18,19)20/h2-10H,18-19H2,1H3. The summed E-state index contributed by atoms with van der Waals surface area (Å²) >= 11 is 3.65. The quantitative estimate of drug-likeness (QED) is 0.484. The molecule has 0 saturated carbocycles. The highest BCUT2D eigenvalue weighted by atomic mass is 79.9. The maximum atomic E-state index is 11.7. The van der Waals surface area contributed by atoms with Crippen molar-refractivity contribution in [2.75, 3.05) is 6.26 Å². The first-order chi connectivity index (χ1) is 11.7. The van der Waals surface area contributed by atoms with Gasteiger partial charge in [-0.2, -0.15) is 0 Å². The molecule has 3 aromatic rings. The molecule has 0 unspecified atom stereocenters. The Balaban J connectivity index is 2.19. The van der Waals surface area contributed by atoms with Gasteiger partial charge >= 0.3 is 0 Å². The first-order valence-electron chi connectivity index (χ1n) is 7.73. The summed E-state index contributed by atoms with van der Waals surface area (Å²) in [6, 6.07) is 16.6. The van der Waals surface area contributed by atoms with E-state index in [0.717, 1.165) is 22.5 Å². The summed E-state index contributed by atoms with van der Waals surface area (Å²) in [6.07, 6.45) is 1.19. The lowest BCUT2D eigenvalue weighted by Crippen LogP contribution is -2.17. The third-order valence-electron chi connectivity index (χ3n) is 3.85. The molecule has 2 aromatic carbocycles. The largest absolute Gasteiger partial charge is 0.360 e. The van der Waals surface area contributed by atoms with Crippen LogP contribution >= 0.6 is 15.9 Å². The van der Waals surface area contributed by atoms with E-state index < -0.39 is 14.0 Å². The minimum Gasteiger partial charge on any atom is -0.360 e. The van der Waals surface area contributed by atoms with Crippen LogP contribution in [0.5, 0.6) is 0 Å². The van der Waals surface area contributed by atoms with E-state index in [9.17, 15) is 8.42 Å². The fourth-order valence-electron chi connectivity index (χ4n) is 2.63. The fourth-order valence-corrected chi connectivity index (χ4v) is 3.53. The monoisotopic (exact) mass is 415 g/mol. The molecule has 126 valence electrons. The molecule has 3 rings (SSSR count). The molecule has 0 aliphatic carbocycles. The number of alkyl halides is 1. The van der Waals surface area contributed by atoms with Crippen LogP contribution in [-0.4, -0.2) is 35.5 Å². The van der Waals surface area contributed by atoms with E-state index in [1.54, 1.807) is 24.3 Å². The molecule has 1 heterocycles. The van der Waals surface area contributed by atoms with E-state index in [4.69, 9.17) is 4.52 Å². The van der Waals surface area contributed by atoms with Gasteiger partial charge in [-0.15, -0.1) is 0 Å². The Hall–Kier alpha value is -1.79. The molecule has 1 aromatic heterocycles. The lowest BCUT2D eigenvalue weighted by atomic mass is 9.67. The molecule has 0 saturated heterocycles. The maximum absolute atomic E-state index is 11.7. The zero-order valence-corrected chi connectivity index (χ0v) is 16.6. The van der Waals surface area contributed by atoms with Crippen LogP contribution < -0.4 is 0 Å². The number of sulfone groups is 1. The fraction of sp³-hybridized carbons (Fsp3) is 0.118. The first-order valence-corrected chi connectivity index (χ1v) is 10.4. The zero-order chi connectivity index (χ0) is 18.2. The van der Waals surface area contributed by atoms with E-state index >= 15 is 0 Å². The summed E-state index contributed by atoms with van der Waals surface area (Å²) in [7, 11) is 0.760. The lowest BCUT2D eigenvalue weighted by molar-refractivity contribution is 0.391. The van der Waals surface area contributed by atoms with Crippen molar-refractivity contribution in [3.63, 3.8) is 0 Å². The summed E-state index contributed by atoms with van der Waals surface area (Å²) in [5.41, 5.74) is 3.38. The maximum Gasteiger partial charge on any atom is 0.175 e. The van der Waals surface area contributed by atoms with Crippen molar-refractivity contribution in [3.05, 3.63) is 60.4 Å². The third kappa shape index (κ3) is 3.75. The summed E-state index contributed by atoms with van der Waals surface area (Å²) < 4.78 is 28.6. The van der Waals surface area contributed by atoms with E-state index in [2.05, 4.69) is 21.1 Å². The van der Waals surface area contributed by atoms with E-state index in [1.807, 2.05) is 46.0 Å². The molecular weight excluding hydrogens is 400 g/mol. The Kier molecular flexibility index (Phi) is 4.68. The smallest absolute Gasteiger partial charge is 0.175 e. The van der Waals surface area contributed by atoms with Crippen molar-refractivity contribution >= 4 is 41.5 Å². The number of benzene rings is 2. The van der Waals surface area contributed by atoms with Gasteiger partial charge in [-0.1, -0.05) is 63.6 Å². The van der Waals surface area contributed by atoms with Crippen molar-refractivity contribution in [3.8, 4) is 22.4 Å². The molecule has 0 fully saturated rings. The molecule has 0 bridgehead atoms. The van der Waals surface area contributed by atoms with Crippen LogP contribution in [-0.2, 0) is 14.0 Å². The second-order valence-corrected chi connectivity index (χ2v) is 10.4. The van der Waals surface area contributed by atoms with Crippen LogP contribution in [0.15, 0.2) is 64.0 Å². The predicted molar refractivity (Wildman–Crippen MR) is 108 cm³/mol. The number of rotatable bonds is 4. The topological polar surface area (TPSA) is 60.2 Å². The molecule has 0 aliphatic rings. The molecule has 0 atom stereocenters. The summed E-state index contributed by atoms with van der Waals surface area (Å²) in [5, 5.41) is 4.27. The zero-order valence-electron chi connectivity index (χ0n) is 14.2. The molecule has 0 amide bonds. The predicted octanol–water partition coefficient (Wildman–Crippen LogP) is 2.18. The summed E-state index contributed by atoms with van der Waals surface area (Å²) in [6.45, 7) is 0. The van der Waals surface area contributed by atoms with E-state index in [0.29, 0.717) is 5.69 Å². The van der Waals surface area contributed by atoms with Crippen LogP contribution in [0.25, 0.3) is 22.4 Å². The molecule has 8 heteroatoms. The van der Waals surface area contributed by atoms with Gasteiger partial charge in [0.25, 0.3) is 0 Å². The second-order valence-electron chi connectivity index (χ2n) is 6.37. The SMILES string of the molecule is BC(B)(Br)c1onc(-c2ccc(S(C)(=O)=O)cc2)c1-c1ccccc1. The summed E-state index contributed by atoms with van der Waals surface area (Å²) in [4.78, 5) is 0.280. The number of halogens is 1. The van der Waals surface area contributed by atoms with Gasteiger partial charge in [0.2, 0.25) is 0 Å². The third-order valence-corrected chi connectivity index (χ3v) is 5.34. The van der Waals surface area contributed by atoms with Crippen LogP contribution in [0.1, 0.15) is 5.76 Å². The lowest BCUT2D eigenvalue weighted by Gasteiger charge is -2.14. The molecule has 25 heavy (non-hydrogen) atoms. The number of aromatic nitrogens is 1. The Morgan fingerprint density at radius 3 is 2.12 bits per heavy atom. The highest BCUT2D eigenvalue weighted by Gasteiger charge is 2.29. The van der Waals surface area contributed by atoms with Crippen molar-refractivity contribution in [2.24, 2.45) is 0 Å². The van der Waals surface area contributed by atoms with Gasteiger partial charge < -0.3 is 4.52 Å². The van der Waals surface area contributed by atoms with Gasteiger partial charge in [0, 0.05) is 15.9 Å². The minimum atomic E-state index is -3.23. The van der Waals surface area contributed by atoms with Gasteiger partial charge in [-0.05, 0) is 17.7 Å². The van der Waals surface area contributed by atoms with E-state index in [1.165, 1.54) is 6.26 Å². The van der Waals surface area contributed by atoms with E-state index in [-0.39, 0.29) is 4.90 Å². The molecule has 0 radical (unpaired) electrons. The molecule has 0 spiro atoms. The van der Waals surface area contributed by atoms with Crippen molar-refractivity contribution in [1.29, 1.82) is 0 Å². The van der Waals surface area contributed by atoms with Crippen LogP contribution in [0.3, 0.4) is 0 Å². The Labute approximate surface area is 157 Å². The van der Waals surface area contributed by atoms with Crippen molar-refractivity contribution in [1.82, 2.24) is 5.16 Å². The molecule has 4 nitrogen and oxygen atoms in total. The minimum absolute atomic E-state index is 0.280. The normalized spacial score (nSPS) is 12.2. The Morgan fingerprint density at radius 2 is 1.60 bits per heavy atom. The van der Waals surface area contributed by atoms with Gasteiger partial charge in [0.05, 0.1) is 10.5 Å². The van der Waals surface area contributed by atoms with Crippen molar-refractivity contribution in [2.45, 2.75) is 9.02 Å². The summed E-state index contributed by atoms with van der Waals surface area (Å²) in [5.74, 6) is 0.723. The van der Waals surface area contributed by atoms with Crippen LogP contribution in [0.2, 0.25) is 0 Å². The van der Waals surface area contributed by atoms with Gasteiger partial charge in [0.15, 0.2) is 9.84 Å². The molecular formula is C17H16B2BrNO3S. The number of nitrogens with zero attached hydrogens (tertiary/aromatic N) is 1. The van der Waals surface area contributed by atoms with Crippen LogP contribution in [0, 0.1) is 0 Å². The Morgan fingerprint density at radius 1 is 1.00 bits per heavy atom. The number of hydrogen-bond acceptors (Lipinski definition) is 4. The van der Waals surface area contributed by atoms with Crippen LogP contribution in [0.4, 0.5) is 0 Å².